The smallest absolute Gasteiger partial charge is 0.407 e. The maximum absolute atomic E-state index is 13.5. The number of carbonyl (C=O) groups is 1. The molecule has 1 fully saturated rings. The highest BCUT2D eigenvalue weighted by molar-refractivity contribution is 5.74. The Morgan fingerprint density at radius 1 is 1.14 bits per heavy atom. The van der Waals surface area contributed by atoms with E-state index in [1.54, 1.807) is 6.07 Å². The maximum Gasteiger partial charge on any atom is 0.407 e. The average molecular weight is 502 g/mol. The van der Waals surface area contributed by atoms with E-state index in [0.29, 0.717) is 69.4 Å². The van der Waals surface area contributed by atoms with Gasteiger partial charge in [-0.15, -0.1) is 10.2 Å². The number of nitrogens with zero attached hydrogens (tertiary/aromatic N) is 5. The summed E-state index contributed by atoms with van der Waals surface area (Å²) in [6.07, 6.45) is 0.498. The van der Waals surface area contributed by atoms with Gasteiger partial charge in [-0.2, -0.15) is 0 Å². The summed E-state index contributed by atoms with van der Waals surface area (Å²) in [6, 6.07) is 3.33. The summed E-state index contributed by atoms with van der Waals surface area (Å²) in [5.41, 5.74) is 0.587. The fraction of sp³-hybridized carbons (Fsp3) is 0.435. The zero-order chi connectivity index (χ0) is 25.2. The number of halogens is 2. The van der Waals surface area contributed by atoms with Crippen LogP contribution in [0.15, 0.2) is 23.0 Å². The summed E-state index contributed by atoms with van der Waals surface area (Å²) in [5.74, 6) is -1.32. The van der Waals surface area contributed by atoms with Crippen molar-refractivity contribution in [2.75, 3.05) is 32.8 Å². The number of hydrogen-bond acceptors (Lipinski definition) is 8. The summed E-state index contributed by atoms with van der Waals surface area (Å²) in [7, 11) is 0. The fourth-order valence-corrected chi connectivity index (χ4v) is 4.51. The van der Waals surface area contributed by atoms with Crippen LogP contribution in [0.3, 0.4) is 0 Å². The van der Waals surface area contributed by atoms with Crippen LogP contribution in [0, 0.1) is 11.6 Å². The molecule has 11 nitrogen and oxygen atoms in total. The first-order valence-corrected chi connectivity index (χ1v) is 11.6. The lowest BCUT2D eigenvalue weighted by Crippen LogP contribution is -2.47. The molecule has 4 heterocycles. The number of aromatic nitrogens is 4. The normalized spacial score (nSPS) is 16.3. The van der Waals surface area contributed by atoms with Crippen LogP contribution in [0.1, 0.15) is 24.2 Å². The molecule has 2 aliphatic heterocycles. The zero-order valence-electron chi connectivity index (χ0n) is 19.2. The summed E-state index contributed by atoms with van der Waals surface area (Å²) in [6.45, 7) is 2.66. The van der Waals surface area contributed by atoms with Gasteiger partial charge in [-0.05, 0) is 12.8 Å². The van der Waals surface area contributed by atoms with Crippen molar-refractivity contribution in [1.29, 1.82) is 0 Å². The number of fused-ring (bicyclic) bond motifs is 2. The fourth-order valence-electron chi connectivity index (χ4n) is 4.51. The molecule has 0 spiro atoms. The van der Waals surface area contributed by atoms with E-state index in [4.69, 9.17) is 9.47 Å². The Morgan fingerprint density at radius 2 is 1.89 bits per heavy atom. The van der Waals surface area contributed by atoms with Crippen LogP contribution < -0.4 is 15.0 Å². The largest absolute Gasteiger partial charge is 0.484 e. The van der Waals surface area contributed by atoms with E-state index in [9.17, 15) is 23.5 Å². The Kier molecular flexibility index (Phi) is 6.63. The third-order valence-electron chi connectivity index (χ3n) is 6.40. The van der Waals surface area contributed by atoms with E-state index in [1.807, 2.05) is 0 Å². The second-order valence-corrected chi connectivity index (χ2v) is 8.73. The third-order valence-corrected chi connectivity index (χ3v) is 6.40. The Balaban J connectivity index is 1.19. The van der Waals surface area contributed by atoms with Gasteiger partial charge in [-0.25, -0.2) is 18.6 Å². The number of amides is 1. The van der Waals surface area contributed by atoms with Crippen molar-refractivity contribution in [2.24, 2.45) is 0 Å². The number of aromatic amines is 1. The van der Waals surface area contributed by atoms with Crippen molar-refractivity contribution in [3.8, 4) is 11.6 Å². The second-order valence-electron chi connectivity index (χ2n) is 8.73. The molecule has 0 saturated carbocycles. The standard InChI is InChI=1S/C23H24F2N6O5/c24-15-10-18-19(11-16(15)25)27-21(32)17(26-18)3-6-30-4-1-14(2-5-30)31(23(33)34)12-13-9-20-22(29-28-13)36-8-7-35-20/h9-11,14H,1-8,12H2,(H,27,32)(H,33,34). The molecule has 1 aromatic carbocycles. The first kappa shape index (κ1) is 23.9. The molecule has 1 amide bonds. The lowest BCUT2D eigenvalue weighted by molar-refractivity contribution is 0.0857. The van der Waals surface area contributed by atoms with E-state index >= 15 is 0 Å². The Morgan fingerprint density at radius 3 is 2.67 bits per heavy atom. The highest BCUT2D eigenvalue weighted by Gasteiger charge is 2.29. The van der Waals surface area contributed by atoms with Crippen molar-refractivity contribution >= 4 is 17.1 Å². The lowest BCUT2D eigenvalue weighted by atomic mass is 10.0. The van der Waals surface area contributed by atoms with Crippen LogP contribution in [-0.4, -0.2) is 80.1 Å². The molecular weight excluding hydrogens is 478 g/mol. The molecule has 0 radical (unpaired) electrons. The molecule has 0 unspecified atom stereocenters. The van der Waals surface area contributed by atoms with Gasteiger partial charge >= 0.3 is 6.09 Å². The van der Waals surface area contributed by atoms with E-state index in [-0.39, 0.29) is 29.3 Å². The molecule has 2 N–H and O–H groups in total. The van der Waals surface area contributed by atoms with Crippen molar-refractivity contribution in [3.63, 3.8) is 0 Å². The molecule has 2 aromatic heterocycles. The SMILES string of the molecule is O=C(O)N(Cc1cc2c(nn1)OCCO2)C1CCN(CCc2nc3cc(F)c(F)cc3[nH]c2=O)CC1. The third kappa shape index (κ3) is 5.05. The quantitative estimate of drug-likeness (QED) is 0.519. The average Bonchev–Trinajstić information content (AvgIpc) is 2.87. The van der Waals surface area contributed by atoms with Gasteiger partial charge in [0.2, 0.25) is 0 Å². The summed E-state index contributed by atoms with van der Waals surface area (Å²) in [4.78, 5) is 34.6. The van der Waals surface area contributed by atoms with Crippen molar-refractivity contribution in [1.82, 2.24) is 30.0 Å². The molecule has 0 aliphatic carbocycles. The number of nitrogens with one attached hydrogen (secondary N) is 1. The highest BCUT2D eigenvalue weighted by Crippen LogP contribution is 2.28. The van der Waals surface area contributed by atoms with E-state index in [2.05, 4.69) is 25.1 Å². The minimum Gasteiger partial charge on any atom is -0.484 e. The number of rotatable bonds is 6. The van der Waals surface area contributed by atoms with Crippen LogP contribution in [0.25, 0.3) is 11.0 Å². The van der Waals surface area contributed by atoms with Crippen LogP contribution in [0.2, 0.25) is 0 Å². The monoisotopic (exact) mass is 502 g/mol. The number of benzene rings is 1. The van der Waals surface area contributed by atoms with Gasteiger partial charge < -0.3 is 24.5 Å². The van der Waals surface area contributed by atoms with Crippen LogP contribution in [0.4, 0.5) is 13.6 Å². The molecule has 5 rings (SSSR count). The van der Waals surface area contributed by atoms with E-state index < -0.39 is 23.3 Å². The summed E-state index contributed by atoms with van der Waals surface area (Å²) < 4.78 is 37.8. The maximum atomic E-state index is 13.5. The Hall–Kier alpha value is -3.87. The van der Waals surface area contributed by atoms with E-state index in [1.165, 1.54) is 4.90 Å². The molecule has 13 heteroatoms. The lowest BCUT2D eigenvalue weighted by Gasteiger charge is -2.37. The molecule has 3 aromatic rings. The molecule has 36 heavy (non-hydrogen) atoms. The number of carboxylic acid groups (broad SMARTS) is 1. The van der Waals surface area contributed by atoms with Gasteiger partial charge in [0.25, 0.3) is 11.4 Å². The topological polar surface area (TPSA) is 134 Å². The zero-order valence-corrected chi connectivity index (χ0v) is 19.2. The first-order chi connectivity index (χ1) is 17.4. The number of H-pyrrole nitrogens is 1. The van der Waals surface area contributed by atoms with Gasteiger partial charge in [-0.3, -0.25) is 9.69 Å². The van der Waals surface area contributed by atoms with Gasteiger partial charge in [0.1, 0.15) is 18.9 Å². The Labute approximate surface area is 203 Å². The van der Waals surface area contributed by atoms with E-state index in [0.717, 1.165) is 12.1 Å². The Bertz CT molecular complexity index is 1340. The predicted octanol–water partition coefficient (Wildman–Crippen LogP) is 1.95. The molecule has 0 bridgehead atoms. The summed E-state index contributed by atoms with van der Waals surface area (Å²) in [5, 5.41) is 17.9. The minimum atomic E-state index is -1.05. The number of likely N-dealkylation sites (tertiary alicyclic amines) is 1. The van der Waals surface area contributed by atoms with Crippen molar-refractivity contribution in [3.05, 3.63) is 51.6 Å². The molecule has 0 atom stereocenters. The molecule has 1 saturated heterocycles. The van der Waals surface area contributed by atoms with Crippen LogP contribution >= 0.6 is 0 Å². The molecule has 2 aliphatic rings. The van der Waals surface area contributed by atoms with Gasteiger partial charge in [0.15, 0.2) is 17.4 Å². The predicted molar refractivity (Wildman–Crippen MR) is 122 cm³/mol. The van der Waals surface area contributed by atoms with Crippen molar-refractivity contribution < 1.29 is 28.2 Å². The summed E-state index contributed by atoms with van der Waals surface area (Å²) >= 11 is 0. The van der Waals surface area contributed by atoms with Crippen LogP contribution in [0.5, 0.6) is 11.6 Å². The number of ether oxygens (including phenoxy) is 2. The van der Waals surface area contributed by atoms with Gasteiger partial charge in [0.05, 0.1) is 23.3 Å². The van der Waals surface area contributed by atoms with Gasteiger partial charge in [0, 0.05) is 50.3 Å². The highest BCUT2D eigenvalue weighted by atomic mass is 19.2. The number of piperidine rings is 1. The first-order valence-electron chi connectivity index (χ1n) is 11.6. The van der Waals surface area contributed by atoms with Gasteiger partial charge in [-0.1, -0.05) is 0 Å². The van der Waals surface area contributed by atoms with Crippen molar-refractivity contribution in [2.45, 2.75) is 31.8 Å². The minimum absolute atomic E-state index is 0.0805. The molecule has 190 valence electrons. The van der Waals surface area contributed by atoms with Crippen LogP contribution in [-0.2, 0) is 13.0 Å². The second kappa shape index (κ2) is 10.0. The number of hydrogen-bond donors (Lipinski definition) is 2. The molecular formula is C23H24F2N6O5.